The molecular formula is C18H25N3O3. The Kier molecular flexibility index (Phi) is 5.48. The van der Waals surface area contributed by atoms with Crippen LogP contribution in [0.5, 0.6) is 0 Å². The number of carbonyl (C=O) groups excluding carboxylic acids is 2. The number of ether oxygens (including phenoxy) is 1. The first-order chi connectivity index (χ1) is 11.6. The summed E-state index contributed by atoms with van der Waals surface area (Å²) in [5, 5.41) is 2.96. The van der Waals surface area contributed by atoms with Crippen LogP contribution in [0.1, 0.15) is 18.9 Å². The number of hydrogen-bond donors (Lipinski definition) is 1. The molecule has 0 saturated carbocycles. The van der Waals surface area contributed by atoms with Gasteiger partial charge in [0.1, 0.15) is 12.1 Å². The number of cyclic esters (lactones) is 1. The fraction of sp³-hybridized carbons (Fsp3) is 0.556. The highest BCUT2D eigenvalue weighted by molar-refractivity contribution is 5.78. The molecule has 6 heteroatoms. The first-order valence-electron chi connectivity index (χ1n) is 8.59. The summed E-state index contributed by atoms with van der Waals surface area (Å²) in [6.45, 7) is 6.12. The van der Waals surface area contributed by atoms with E-state index in [-0.39, 0.29) is 24.0 Å². The van der Waals surface area contributed by atoms with Gasteiger partial charge < -0.3 is 10.1 Å². The second kappa shape index (κ2) is 7.77. The van der Waals surface area contributed by atoms with Crippen LogP contribution < -0.4 is 5.32 Å². The maximum atomic E-state index is 12.1. The minimum atomic E-state index is -0.103. The summed E-state index contributed by atoms with van der Waals surface area (Å²) in [7, 11) is 0. The Labute approximate surface area is 142 Å². The van der Waals surface area contributed by atoms with Crippen LogP contribution in [0.3, 0.4) is 0 Å². The van der Waals surface area contributed by atoms with Crippen molar-refractivity contribution >= 4 is 11.9 Å². The van der Waals surface area contributed by atoms with Crippen molar-refractivity contribution in [1.82, 2.24) is 15.1 Å². The highest BCUT2D eigenvalue weighted by Gasteiger charge is 2.37. The van der Waals surface area contributed by atoms with E-state index < -0.39 is 0 Å². The van der Waals surface area contributed by atoms with Crippen LogP contribution in [0, 0.1) is 0 Å². The summed E-state index contributed by atoms with van der Waals surface area (Å²) in [6.07, 6.45) is 0.792. The van der Waals surface area contributed by atoms with Gasteiger partial charge in [-0.2, -0.15) is 0 Å². The van der Waals surface area contributed by atoms with E-state index in [1.54, 1.807) is 0 Å². The largest absolute Gasteiger partial charge is 0.461 e. The van der Waals surface area contributed by atoms with Gasteiger partial charge in [-0.25, -0.2) is 0 Å². The molecule has 2 fully saturated rings. The van der Waals surface area contributed by atoms with E-state index in [4.69, 9.17) is 4.74 Å². The zero-order chi connectivity index (χ0) is 16.9. The predicted octanol–water partition coefficient (Wildman–Crippen LogP) is 0.624. The summed E-state index contributed by atoms with van der Waals surface area (Å²) < 4.78 is 5.23. The molecule has 6 nitrogen and oxygen atoms in total. The number of carbonyl (C=O) groups is 2. The summed E-state index contributed by atoms with van der Waals surface area (Å²) in [5.41, 5.74) is 1.10. The third-order valence-corrected chi connectivity index (χ3v) is 4.69. The van der Waals surface area contributed by atoms with Crippen LogP contribution in [0.15, 0.2) is 30.3 Å². The molecule has 2 atom stereocenters. The number of hydrogen-bond acceptors (Lipinski definition) is 5. The predicted molar refractivity (Wildman–Crippen MR) is 90.3 cm³/mol. The minimum absolute atomic E-state index is 0.0179. The van der Waals surface area contributed by atoms with Crippen molar-refractivity contribution in [2.45, 2.75) is 32.0 Å². The maximum Gasteiger partial charge on any atom is 0.323 e. The van der Waals surface area contributed by atoms with Gasteiger partial charge in [-0.1, -0.05) is 30.3 Å². The lowest BCUT2D eigenvalue weighted by molar-refractivity contribution is -0.145. The van der Waals surface area contributed by atoms with Crippen LogP contribution in [0.2, 0.25) is 0 Å². The Bertz CT molecular complexity index is 570. The van der Waals surface area contributed by atoms with Gasteiger partial charge in [0.05, 0.1) is 6.54 Å². The molecule has 3 rings (SSSR count). The number of amides is 1. The SMILES string of the molecule is CC1CC(N2CCN(CC(=O)NCc3ccccc3)CC2)C(=O)O1. The summed E-state index contributed by atoms with van der Waals surface area (Å²) in [4.78, 5) is 28.2. The molecule has 0 spiro atoms. The molecule has 2 unspecified atom stereocenters. The standard InChI is InChI=1S/C18H25N3O3/c1-14-11-16(18(23)24-14)21-9-7-20(8-10-21)13-17(22)19-12-15-5-3-2-4-6-15/h2-6,14,16H,7-13H2,1H3,(H,19,22). The van der Waals surface area contributed by atoms with Crippen LogP contribution in [-0.2, 0) is 20.9 Å². The lowest BCUT2D eigenvalue weighted by Gasteiger charge is -2.36. The van der Waals surface area contributed by atoms with Crippen molar-refractivity contribution in [2.75, 3.05) is 32.7 Å². The van der Waals surface area contributed by atoms with Crippen LogP contribution >= 0.6 is 0 Å². The Balaban J connectivity index is 1.39. The first-order valence-corrected chi connectivity index (χ1v) is 8.59. The van der Waals surface area contributed by atoms with E-state index in [2.05, 4.69) is 15.1 Å². The van der Waals surface area contributed by atoms with Crippen molar-refractivity contribution in [3.8, 4) is 0 Å². The normalized spacial score (nSPS) is 25.5. The molecular weight excluding hydrogens is 306 g/mol. The molecule has 0 bridgehead atoms. The fourth-order valence-corrected chi connectivity index (χ4v) is 3.32. The molecule has 1 aromatic carbocycles. The van der Waals surface area contributed by atoms with E-state index in [0.29, 0.717) is 13.1 Å². The fourth-order valence-electron chi connectivity index (χ4n) is 3.32. The molecule has 2 saturated heterocycles. The molecule has 2 aliphatic heterocycles. The Morgan fingerprint density at radius 3 is 2.54 bits per heavy atom. The number of piperazine rings is 1. The number of benzene rings is 1. The Morgan fingerprint density at radius 1 is 1.21 bits per heavy atom. The molecule has 1 amide bonds. The number of esters is 1. The minimum Gasteiger partial charge on any atom is -0.461 e. The zero-order valence-corrected chi connectivity index (χ0v) is 14.1. The van der Waals surface area contributed by atoms with Crippen LogP contribution in [-0.4, -0.2) is 66.5 Å². The highest BCUT2D eigenvalue weighted by Crippen LogP contribution is 2.21. The highest BCUT2D eigenvalue weighted by atomic mass is 16.6. The third-order valence-electron chi connectivity index (χ3n) is 4.69. The second-order valence-corrected chi connectivity index (χ2v) is 6.57. The van der Waals surface area contributed by atoms with Gasteiger partial charge in [0.15, 0.2) is 0 Å². The average Bonchev–Trinajstić information content (AvgIpc) is 2.93. The molecule has 0 radical (unpaired) electrons. The van der Waals surface area contributed by atoms with Gasteiger partial charge in [0.2, 0.25) is 5.91 Å². The van der Waals surface area contributed by atoms with Gasteiger partial charge in [0.25, 0.3) is 0 Å². The van der Waals surface area contributed by atoms with Crippen molar-refractivity contribution in [1.29, 1.82) is 0 Å². The molecule has 0 aliphatic carbocycles. The van der Waals surface area contributed by atoms with E-state index >= 15 is 0 Å². The molecule has 130 valence electrons. The monoisotopic (exact) mass is 331 g/mol. The summed E-state index contributed by atoms with van der Waals surface area (Å²) in [5.74, 6) is -0.0576. The Hall–Kier alpha value is -1.92. The van der Waals surface area contributed by atoms with Crippen LogP contribution in [0.25, 0.3) is 0 Å². The van der Waals surface area contributed by atoms with Gasteiger partial charge in [-0.15, -0.1) is 0 Å². The summed E-state index contributed by atoms with van der Waals surface area (Å²) in [6, 6.07) is 9.80. The number of nitrogens with one attached hydrogen (secondary N) is 1. The average molecular weight is 331 g/mol. The van der Waals surface area contributed by atoms with Crippen molar-refractivity contribution < 1.29 is 14.3 Å². The second-order valence-electron chi connectivity index (χ2n) is 6.57. The van der Waals surface area contributed by atoms with Gasteiger partial charge in [0, 0.05) is 39.1 Å². The zero-order valence-electron chi connectivity index (χ0n) is 14.1. The van der Waals surface area contributed by atoms with E-state index in [9.17, 15) is 9.59 Å². The van der Waals surface area contributed by atoms with Crippen molar-refractivity contribution in [3.63, 3.8) is 0 Å². The van der Waals surface area contributed by atoms with Crippen LogP contribution in [0.4, 0.5) is 0 Å². The van der Waals surface area contributed by atoms with E-state index in [1.807, 2.05) is 37.3 Å². The van der Waals surface area contributed by atoms with Crippen molar-refractivity contribution in [2.24, 2.45) is 0 Å². The van der Waals surface area contributed by atoms with Crippen molar-refractivity contribution in [3.05, 3.63) is 35.9 Å². The summed E-state index contributed by atoms with van der Waals surface area (Å²) >= 11 is 0. The lowest BCUT2D eigenvalue weighted by Crippen LogP contribution is -2.53. The maximum absolute atomic E-state index is 12.1. The molecule has 0 aromatic heterocycles. The molecule has 1 aromatic rings. The smallest absolute Gasteiger partial charge is 0.323 e. The van der Waals surface area contributed by atoms with E-state index in [0.717, 1.165) is 38.2 Å². The molecule has 2 aliphatic rings. The lowest BCUT2D eigenvalue weighted by atomic mass is 10.1. The Morgan fingerprint density at radius 2 is 1.92 bits per heavy atom. The number of nitrogens with zero attached hydrogens (tertiary/aromatic N) is 2. The van der Waals surface area contributed by atoms with Gasteiger partial charge >= 0.3 is 5.97 Å². The van der Waals surface area contributed by atoms with E-state index in [1.165, 1.54) is 0 Å². The molecule has 1 N–H and O–H groups in total. The topological polar surface area (TPSA) is 61.9 Å². The molecule has 2 heterocycles. The third kappa shape index (κ3) is 4.33. The molecule has 24 heavy (non-hydrogen) atoms. The van der Waals surface area contributed by atoms with Gasteiger partial charge in [-0.05, 0) is 12.5 Å². The number of rotatable bonds is 5. The first kappa shape index (κ1) is 16.9. The quantitative estimate of drug-likeness (QED) is 0.802. The van der Waals surface area contributed by atoms with Gasteiger partial charge in [-0.3, -0.25) is 19.4 Å².